The molecular weight excluding hydrogens is 190 g/mol. The van der Waals surface area contributed by atoms with Crippen molar-refractivity contribution in [3.63, 3.8) is 0 Å². The Morgan fingerprint density at radius 2 is 2.27 bits per heavy atom. The molecule has 1 aromatic carbocycles. The lowest BCUT2D eigenvalue weighted by Crippen LogP contribution is -1.92. The molecule has 1 heterocycles. The van der Waals surface area contributed by atoms with E-state index in [2.05, 4.69) is 19.0 Å². The van der Waals surface area contributed by atoms with Crippen LogP contribution in [0.15, 0.2) is 22.7 Å². The third-order valence-electron chi connectivity index (χ3n) is 2.31. The van der Waals surface area contributed by atoms with Gasteiger partial charge in [-0.15, -0.1) is 0 Å². The number of carbonyl (C=O) groups excluding carboxylic acids is 1. The van der Waals surface area contributed by atoms with E-state index in [1.54, 1.807) is 12.1 Å². The first-order chi connectivity index (χ1) is 7.20. The van der Waals surface area contributed by atoms with Crippen LogP contribution < -0.4 is 0 Å². The molecule has 0 unspecified atom stereocenters. The van der Waals surface area contributed by atoms with Crippen molar-refractivity contribution in [1.29, 1.82) is 0 Å². The summed E-state index contributed by atoms with van der Waals surface area (Å²) in [4.78, 5) is 10.6. The van der Waals surface area contributed by atoms with Gasteiger partial charge >= 0.3 is 0 Å². The first-order valence-electron chi connectivity index (χ1n) is 5.04. The normalized spacial score (nSPS) is 11.1. The van der Waals surface area contributed by atoms with E-state index >= 15 is 0 Å². The first kappa shape index (κ1) is 9.90. The van der Waals surface area contributed by atoms with Crippen molar-refractivity contribution in [3.05, 3.63) is 29.5 Å². The molecule has 78 valence electrons. The van der Waals surface area contributed by atoms with Gasteiger partial charge in [0.15, 0.2) is 0 Å². The zero-order valence-electron chi connectivity index (χ0n) is 8.86. The van der Waals surface area contributed by atoms with E-state index in [0.29, 0.717) is 11.5 Å². The number of nitrogens with zero attached hydrogens (tertiary/aromatic N) is 1. The van der Waals surface area contributed by atoms with Crippen LogP contribution in [-0.2, 0) is 6.42 Å². The van der Waals surface area contributed by atoms with Gasteiger partial charge in [-0.05, 0) is 18.1 Å². The molecule has 0 fully saturated rings. The van der Waals surface area contributed by atoms with Crippen molar-refractivity contribution in [2.75, 3.05) is 0 Å². The topological polar surface area (TPSA) is 43.1 Å². The van der Waals surface area contributed by atoms with E-state index in [1.165, 1.54) is 0 Å². The van der Waals surface area contributed by atoms with Crippen LogP contribution >= 0.6 is 0 Å². The highest BCUT2D eigenvalue weighted by Crippen LogP contribution is 2.21. The van der Waals surface area contributed by atoms with Crippen molar-refractivity contribution >= 4 is 17.2 Å². The number of aldehydes is 1. The largest absolute Gasteiger partial charge is 0.360 e. The minimum absolute atomic E-state index is 0.534. The molecule has 15 heavy (non-hydrogen) atoms. The third-order valence-corrected chi connectivity index (χ3v) is 2.31. The Labute approximate surface area is 88.1 Å². The van der Waals surface area contributed by atoms with Gasteiger partial charge in [0.2, 0.25) is 0 Å². The van der Waals surface area contributed by atoms with Crippen molar-refractivity contribution in [3.8, 4) is 0 Å². The standard InChI is InChI=1S/C12H13NO2/c1-8(2)5-12-10-4-3-9(7-14)6-11(10)13-15-12/h3-4,6-8H,5H2,1-2H3. The second kappa shape index (κ2) is 3.85. The number of hydrogen-bond acceptors (Lipinski definition) is 3. The molecule has 0 radical (unpaired) electrons. The fourth-order valence-electron chi connectivity index (χ4n) is 1.60. The zero-order valence-corrected chi connectivity index (χ0v) is 8.86. The Morgan fingerprint density at radius 1 is 1.47 bits per heavy atom. The number of aromatic nitrogens is 1. The molecule has 0 aliphatic rings. The lowest BCUT2D eigenvalue weighted by molar-refractivity contribution is 0.112. The molecule has 0 aliphatic heterocycles. The third kappa shape index (κ3) is 1.91. The maximum Gasteiger partial charge on any atom is 0.150 e. The van der Waals surface area contributed by atoms with E-state index in [0.717, 1.165) is 29.4 Å². The summed E-state index contributed by atoms with van der Waals surface area (Å²) in [5.41, 5.74) is 1.39. The minimum atomic E-state index is 0.534. The van der Waals surface area contributed by atoms with Crippen LogP contribution in [-0.4, -0.2) is 11.4 Å². The Morgan fingerprint density at radius 3 is 2.93 bits per heavy atom. The summed E-state index contributed by atoms with van der Waals surface area (Å²) in [6.07, 6.45) is 1.69. The predicted octanol–water partition coefficient (Wildman–Crippen LogP) is 2.84. The van der Waals surface area contributed by atoms with Gasteiger partial charge in [-0.3, -0.25) is 4.79 Å². The van der Waals surface area contributed by atoms with Gasteiger partial charge in [-0.2, -0.15) is 0 Å². The first-order valence-corrected chi connectivity index (χ1v) is 5.04. The molecule has 0 saturated carbocycles. The fraction of sp³-hybridized carbons (Fsp3) is 0.333. The average Bonchev–Trinajstić information content (AvgIpc) is 2.60. The maximum atomic E-state index is 10.6. The Balaban J connectivity index is 2.47. The lowest BCUT2D eigenvalue weighted by atomic mass is 10.1. The van der Waals surface area contributed by atoms with Crippen LogP contribution in [0.5, 0.6) is 0 Å². The van der Waals surface area contributed by atoms with Crippen molar-refractivity contribution in [1.82, 2.24) is 5.16 Å². The van der Waals surface area contributed by atoms with Gasteiger partial charge in [0, 0.05) is 17.4 Å². The second-order valence-corrected chi connectivity index (χ2v) is 4.10. The Kier molecular flexibility index (Phi) is 2.54. The minimum Gasteiger partial charge on any atom is -0.360 e. The second-order valence-electron chi connectivity index (χ2n) is 4.10. The number of benzene rings is 1. The van der Waals surface area contributed by atoms with Crippen molar-refractivity contribution < 1.29 is 9.32 Å². The molecule has 0 amide bonds. The maximum absolute atomic E-state index is 10.6. The van der Waals surface area contributed by atoms with Gasteiger partial charge in [0.1, 0.15) is 17.6 Å². The molecule has 1 aromatic heterocycles. The Hall–Kier alpha value is -1.64. The smallest absolute Gasteiger partial charge is 0.150 e. The molecule has 0 spiro atoms. The van der Waals surface area contributed by atoms with Gasteiger partial charge < -0.3 is 4.52 Å². The van der Waals surface area contributed by atoms with Crippen LogP contribution in [0.2, 0.25) is 0 Å². The summed E-state index contributed by atoms with van der Waals surface area (Å²) in [7, 11) is 0. The quantitative estimate of drug-likeness (QED) is 0.720. The van der Waals surface area contributed by atoms with Crippen LogP contribution in [0, 0.1) is 5.92 Å². The molecule has 2 aromatic rings. The molecule has 0 aliphatic carbocycles. The van der Waals surface area contributed by atoms with E-state index in [4.69, 9.17) is 4.52 Å². The van der Waals surface area contributed by atoms with Gasteiger partial charge in [0.25, 0.3) is 0 Å². The van der Waals surface area contributed by atoms with E-state index in [-0.39, 0.29) is 0 Å². The molecule has 3 heteroatoms. The predicted molar refractivity (Wildman–Crippen MR) is 57.9 cm³/mol. The van der Waals surface area contributed by atoms with Crippen molar-refractivity contribution in [2.45, 2.75) is 20.3 Å². The summed E-state index contributed by atoms with van der Waals surface area (Å²) in [5, 5.41) is 4.96. The average molecular weight is 203 g/mol. The van der Waals surface area contributed by atoms with Gasteiger partial charge in [0.05, 0.1) is 0 Å². The summed E-state index contributed by atoms with van der Waals surface area (Å²) >= 11 is 0. The molecule has 0 bridgehead atoms. The van der Waals surface area contributed by atoms with Crippen LogP contribution in [0.3, 0.4) is 0 Å². The molecule has 3 nitrogen and oxygen atoms in total. The SMILES string of the molecule is CC(C)Cc1onc2cc(C=O)ccc12. The van der Waals surface area contributed by atoms with Crippen molar-refractivity contribution in [2.24, 2.45) is 5.92 Å². The number of hydrogen-bond donors (Lipinski definition) is 0. The van der Waals surface area contributed by atoms with E-state index in [1.807, 2.05) is 6.07 Å². The Bertz CT molecular complexity index is 485. The summed E-state index contributed by atoms with van der Waals surface area (Å²) in [6.45, 7) is 4.27. The highest BCUT2D eigenvalue weighted by atomic mass is 16.5. The molecule has 0 atom stereocenters. The van der Waals surface area contributed by atoms with Crippen LogP contribution in [0.4, 0.5) is 0 Å². The fourth-order valence-corrected chi connectivity index (χ4v) is 1.60. The zero-order chi connectivity index (χ0) is 10.8. The van der Waals surface area contributed by atoms with E-state index in [9.17, 15) is 4.79 Å². The molecule has 0 saturated heterocycles. The van der Waals surface area contributed by atoms with E-state index < -0.39 is 0 Å². The molecule has 0 N–H and O–H groups in total. The number of carbonyl (C=O) groups is 1. The molecular formula is C12H13NO2. The summed E-state index contributed by atoms with van der Waals surface area (Å²) in [5.74, 6) is 1.43. The molecule has 2 rings (SSSR count). The lowest BCUT2D eigenvalue weighted by Gasteiger charge is -1.99. The highest BCUT2D eigenvalue weighted by molar-refractivity contribution is 5.87. The highest BCUT2D eigenvalue weighted by Gasteiger charge is 2.09. The van der Waals surface area contributed by atoms with Crippen LogP contribution in [0.1, 0.15) is 30.0 Å². The monoisotopic (exact) mass is 203 g/mol. The van der Waals surface area contributed by atoms with Gasteiger partial charge in [-0.25, -0.2) is 0 Å². The number of rotatable bonds is 3. The summed E-state index contributed by atoms with van der Waals surface area (Å²) < 4.78 is 5.26. The van der Waals surface area contributed by atoms with Gasteiger partial charge in [-0.1, -0.05) is 25.1 Å². The summed E-state index contributed by atoms with van der Waals surface area (Å²) in [6, 6.07) is 5.43. The van der Waals surface area contributed by atoms with Crippen LogP contribution in [0.25, 0.3) is 10.9 Å². The number of fused-ring (bicyclic) bond motifs is 1.